The molecule has 5 nitrogen and oxygen atoms in total. The highest BCUT2D eigenvalue weighted by atomic mass is 35.5. The van der Waals surface area contributed by atoms with Gasteiger partial charge in [-0.15, -0.1) is 0 Å². The van der Waals surface area contributed by atoms with E-state index in [1.54, 1.807) is 6.20 Å². The molecule has 0 N–H and O–H groups in total. The summed E-state index contributed by atoms with van der Waals surface area (Å²) in [6.45, 7) is 3.73. The van der Waals surface area contributed by atoms with Crippen LogP contribution in [0.1, 0.15) is 76.1 Å². The number of halogens is 2. The summed E-state index contributed by atoms with van der Waals surface area (Å²) in [7, 11) is 0. The molecule has 3 aromatic carbocycles. The van der Waals surface area contributed by atoms with Gasteiger partial charge in [-0.25, -0.2) is 9.97 Å². The van der Waals surface area contributed by atoms with Crippen LogP contribution in [0.15, 0.2) is 79.0 Å². The minimum Gasteiger partial charge on any atom is -0.334 e. The maximum absolute atomic E-state index is 14.1. The lowest BCUT2D eigenvalue weighted by molar-refractivity contribution is 0.0733. The van der Waals surface area contributed by atoms with Gasteiger partial charge in [0.15, 0.2) is 0 Å². The molecule has 7 heteroatoms. The number of benzene rings is 3. The minimum atomic E-state index is 0.00413. The zero-order chi connectivity index (χ0) is 28.3. The van der Waals surface area contributed by atoms with Crippen LogP contribution in [0.4, 0.5) is 5.95 Å². The van der Waals surface area contributed by atoms with Crippen LogP contribution in [0.3, 0.4) is 0 Å². The van der Waals surface area contributed by atoms with Crippen LogP contribution in [0.2, 0.25) is 10.0 Å². The number of hydrogen-bond donors (Lipinski definition) is 0. The van der Waals surface area contributed by atoms with Gasteiger partial charge in [-0.2, -0.15) is 0 Å². The van der Waals surface area contributed by atoms with Crippen LogP contribution >= 0.6 is 23.2 Å². The Hall–Kier alpha value is -3.41. The van der Waals surface area contributed by atoms with E-state index in [-0.39, 0.29) is 18.0 Å². The van der Waals surface area contributed by atoms with Crippen LogP contribution in [0.5, 0.6) is 0 Å². The molecule has 210 valence electrons. The number of carbonyl (C=O) groups excluding carboxylic acids is 1. The molecule has 1 amide bonds. The maximum atomic E-state index is 14.1. The van der Waals surface area contributed by atoms with Crippen LogP contribution in [0, 0.1) is 6.92 Å². The lowest BCUT2D eigenvalue weighted by atomic mass is 10.0. The number of rotatable bonds is 7. The molecule has 0 saturated carbocycles. The molecule has 1 aromatic heterocycles. The zero-order valence-electron chi connectivity index (χ0n) is 23.3. The topological polar surface area (TPSA) is 49.3 Å². The first-order valence-corrected chi connectivity index (χ1v) is 15.2. The summed E-state index contributed by atoms with van der Waals surface area (Å²) in [5.74, 6) is 0.693. The molecule has 2 aliphatic rings. The van der Waals surface area contributed by atoms with Crippen molar-refractivity contribution in [3.8, 4) is 0 Å². The predicted molar refractivity (Wildman–Crippen MR) is 166 cm³/mol. The molecule has 3 heterocycles. The van der Waals surface area contributed by atoms with E-state index in [1.807, 2.05) is 41.3 Å². The van der Waals surface area contributed by atoms with E-state index < -0.39 is 0 Å². The van der Waals surface area contributed by atoms with Crippen molar-refractivity contribution in [3.63, 3.8) is 0 Å². The molecule has 6 rings (SSSR count). The Kier molecular flexibility index (Phi) is 8.27. The molecule has 2 fully saturated rings. The molecule has 4 aromatic rings. The van der Waals surface area contributed by atoms with Crippen molar-refractivity contribution in [3.05, 3.63) is 123 Å². The molecule has 41 heavy (non-hydrogen) atoms. The highest BCUT2D eigenvalue weighted by molar-refractivity contribution is 6.30. The minimum absolute atomic E-state index is 0.00413. The Morgan fingerprint density at radius 3 is 2.17 bits per heavy atom. The van der Waals surface area contributed by atoms with Gasteiger partial charge in [-0.3, -0.25) is 4.79 Å². The van der Waals surface area contributed by atoms with Crippen LogP contribution < -0.4 is 4.90 Å². The number of hydrogen-bond acceptors (Lipinski definition) is 4. The van der Waals surface area contributed by atoms with E-state index in [0.717, 1.165) is 61.5 Å². The predicted octanol–water partition coefficient (Wildman–Crippen LogP) is 8.20. The summed E-state index contributed by atoms with van der Waals surface area (Å²) < 4.78 is 0. The summed E-state index contributed by atoms with van der Waals surface area (Å²) in [4.78, 5) is 28.3. The third kappa shape index (κ3) is 5.98. The number of aryl methyl sites for hydroxylation is 3. The van der Waals surface area contributed by atoms with Gasteiger partial charge >= 0.3 is 0 Å². The average Bonchev–Trinajstić information content (AvgIpc) is 3.68. The molecule has 2 atom stereocenters. The number of amides is 1. The number of carbonyl (C=O) groups is 1. The van der Waals surface area contributed by atoms with Gasteiger partial charge < -0.3 is 9.80 Å². The molecule has 0 unspecified atom stereocenters. The van der Waals surface area contributed by atoms with Crippen molar-refractivity contribution in [1.82, 2.24) is 14.9 Å². The SMILES string of the molecule is Cc1ccccc1CCc1nc(N2CCC[C@@H]2c2ccc(Cl)cc2)ncc1C(=O)N1CCC[C@@H]1c1ccc(Cl)cc1. The highest BCUT2D eigenvalue weighted by Crippen LogP contribution is 2.37. The monoisotopic (exact) mass is 584 g/mol. The van der Waals surface area contributed by atoms with Gasteiger partial charge in [0.25, 0.3) is 5.91 Å². The molecule has 0 radical (unpaired) electrons. The van der Waals surface area contributed by atoms with Crippen molar-refractivity contribution in [2.45, 2.75) is 57.5 Å². The fourth-order valence-corrected chi connectivity index (χ4v) is 6.54. The van der Waals surface area contributed by atoms with Crippen molar-refractivity contribution in [1.29, 1.82) is 0 Å². The first-order valence-electron chi connectivity index (χ1n) is 14.5. The summed E-state index contributed by atoms with van der Waals surface area (Å²) in [5.41, 5.74) is 6.25. The number of likely N-dealkylation sites (tertiary alicyclic amines) is 1. The second-order valence-electron chi connectivity index (χ2n) is 11.1. The van der Waals surface area contributed by atoms with Gasteiger partial charge in [0.2, 0.25) is 5.95 Å². The summed E-state index contributed by atoms with van der Waals surface area (Å²) in [6.07, 6.45) is 7.24. The van der Waals surface area contributed by atoms with Crippen molar-refractivity contribution in [2.24, 2.45) is 0 Å². The average molecular weight is 586 g/mol. The van der Waals surface area contributed by atoms with Gasteiger partial charge in [-0.1, -0.05) is 71.7 Å². The maximum Gasteiger partial charge on any atom is 0.257 e. The summed E-state index contributed by atoms with van der Waals surface area (Å²) in [6, 6.07) is 24.6. The fraction of sp³-hybridized carbons (Fsp3) is 0.324. The van der Waals surface area contributed by atoms with Crippen LogP contribution in [0.25, 0.3) is 0 Å². The first kappa shape index (κ1) is 27.7. The Bertz CT molecular complexity index is 1520. The molecular weight excluding hydrogens is 551 g/mol. The summed E-state index contributed by atoms with van der Waals surface area (Å²) >= 11 is 12.3. The zero-order valence-corrected chi connectivity index (χ0v) is 24.8. The quantitative estimate of drug-likeness (QED) is 0.219. The van der Waals surface area contributed by atoms with Gasteiger partial charge in [0.1, 0.15) is 0 Å². The molecule has 2 aliphatic heterocycles. The van der Waals surface area contributed by atoms with Crippen LogP contribution in [-0.4, -0.2) is 33.9 Å². The molecule has 0 aliphatic carbocycles. The smallest absolute Gasteiger partial charge is 0.257 e. The molecule has 2 saturated heterocycles. The fourth-order valence-electron chi connectivity index (χ4n) is 6.29. The Balaban J connectivity index is 1.33. The van der Waals surface area contributed by atoms with E-state index >= 15 is 0 Å². The molecule has 0 spiro atoms. The van der Waals surface area contributed by atoms with Gasteiger partial charge in [0.05, 0.1) is 23.3 Å². The third-order valence-corrected chi connectivity index (χ3v) is 9.01. The van der Waals surface area contributed by atoms with E-state index in [2.05, 4.69) is 48.2 Å². The van der Waals surface area contributed by atoms with E-state index in [0.29, 0.717) is 23.0 Å². The third-order valence-electron chi connectivity index (χ3n) is 8.51. The van der Waals surface area contributed by atoms with Gasteiger partial charge in [-0.05, 0) is 92.0 Å². The summed E-state index contributed by atoms with van der Waals surface area (Å²) in [5, 5.41) is 1.43. The lowest BCUT2D eigenvalue weighted by Gasteiger charge is -2.28. The van der Waals surface area contributed by atoms with E-state index in [4.69, 9.17) is 33.2 Å². The second-order valence-corrected chi connectivity index (χ2v) is 11.9. The van der Waals surface area contributed by atoms with Gasteiger partial charge in [0, 0.05) is 29.3 Å². The van der Waals surface area contributed by atoms with Crippen molar-refractivity contribution in [2.75, 3.05) is 18.0 Å². The molecule has 0 bridgehead atoms. The van der Waals surface area contributed by atoms with E-state index in [1.165, 1.54) is 16.7 Å². The largest absolute Gasteiger partial charge is 0.334 e. The Morgan fingerprint density at radius 1 is 0.829 bits per heavy atom. The Morgan fingerprint density at radius 2 is 1.46 bits per heavy atom. The molecular formula is C34H34Cl2N4O. The first-order chi connectivity index (χ1) is 20.0. The van der Waals surface area contributed by atoms with E-state index in [9.17, 15) is 4.79 Å². The highest BCUT2D eigenvalue weighted by Gasteiger charge is 2.33. The van der Waals surface area contributed by atoms with Crippen molar-refractivity contribution < 1.29 is 4.79 Å². The number of anilines is 1. The number of nitrogens with zero attached hydrogens (tertiary/aromatic N) is 4. The normalized spacial score (nSPS) is 18.7. The Labute approximate surface area is 252 Å². The number of aromatic nitrogens is 2. The standard InChI is InChI=1S/C34H34Cl2N4O/c1-23-6-2-3-7-24(23)14-19-30-29(33(41)39-20-4-8-31(39)25-10-15-27(35)16-11-25)22-37-34(38-30)40-21-5-9-32(40)26-12-17-28(36)18-13-26/h2-3,6-7,10-13,15-18,22,31-32H,4-5,8-9,14,19-21H2,1H3/t31-,32-/m1/s1. The lowest BCUT2D eigenvalue weighted by Crippen LogP contribution is -2.32. The second kappa shape index (κ2) is 12.2. The van der Waals surface area contributed by atoms with Crippen molar-refractivity contribution >= 4 is 35.1 Å². The van der Waals surface area contributed by atoms with Crippen LogP contribution in [-0.2, 0) is 12.8 Å².